The van der Waals surface area contributed by atoms with Gasteiger partial charge in [-0.15, -0.1) is 0 Å². The lowest BCUT2D eigenvalue weighted by molar-refractivity contribution is 0.0923. The van der Waals surface area contributed by atoms with Crippen molar-refractivity contribution in [3.05, 3.63) is 29.7 Å². The third-order valence-corrected chi connectivity index (χ3v) is 4.24. The van der Waals surface area contributed by atoms with E-state index in [9.17, 15) is 4.79 Å². The van der Waals surface area contributed by atoms with Crippen LogP contribution in [-0.4, -0.2) is 40.1 Å². The van der Waals surface area contributed by atoms with Gasteiger partial charge in [-0.2, -0.15) is 5.10 Å². The Hall–Kier alpha value is -1.95. The SMILES string of the molecule is Cc1ccn2ncc(C(=O)NCC3(C)CCNCC3)c2n1. The zero-order valence-corrected chi connectivity index (χ0v) is 12.5. The molecule has 6 nitrogen and oxygen atoms in total. The van der Waals surface area contributed by atoms with E-state index in [0.29, 0.717) is 17.8 Å². The van der Waals surface area contributed by atoms with Gasteiger partial charge in [0.2, 0.25) is 0 Å². The molecule has 1 amide bonds. The maximum absolute atomic E-state index is 12.4. The maximum Gasteiger partial charge on any atom is 0.256 e. The molecule has 0 atom stereocenters. The van der Waals surface area contributed by atoms with E-state index in [2.05, 4.69) is 27.6 Å². The zero-order valence-electron chi connectivity index (χ0n) is 12.5. The number of piperidine rings is 1. The molecular formula is C15H21N5O. The van der Waals surface area contributed by atoms with Gasteiger partial charge in [0.15, 0.2) is 5.65 Å². The van der Waals surface area contributed by atoms with E-state index in [1.54, 1.807) is 10.7 Å². The van der Waals surface area contributed by atoms with Gasteiger partial charge in [0, 0.05) is 18.4 Å². The van der Waals surface area contributed by atoms with E-state index in [4.69, 9.17) is 0 Å². The molecule has 6 heteroatoms. The van der Waals surface area contributed by atoms with Gasteiger partial charge in [0.1, 0.15) is 5.56 Å². The van der Waals surface area contributed by atoms with Crippen LogP contribution in [0.2, 0.25) is 0 Å². The molecule has 2 aromatic rings. The van der Waals surface area contributed by atoms with Gasteiger partial charge in [-0.1, -0.05) is 6.92 Å². The Morgan fingerprint density at radius 1 is 1.48 bits per heavy atom. The Balaban J connectivity index is 1.73. The Morgan fingerprint density at radius 3 is 3.00 bits per heavy atom. The fourth-order valence-corrected chi connectivity index (χ4v) is 2.72. The first-order valence-electron chi connectivity index (χ1n) is 7.37. The maximum atomic E-state index is 12.4. The smallest absolute Gasteiger partial charge is 0.256 e. The molecule has 1 saturated heterocycles. The third kappa shape index (κ3) is 2.90. The summed E-state index contributed by atoms with van der Waals surface area (Å²) >= 11 is 0. The van der Waals surface area contributed by atoms with Gasteiger partial charge in [0.25, 0.3) is 5.91 Å². The molecule has 0 radical (unpaired) electrons. The molecule has 0 bridgehead atoms. The highest BCUT2D eigenvalue weighted by Gasteiger charge is 2.27. The molecule has 0 spiro atoms. The van der Waals surface area contributed by atoms with E-state index in [1.807, 2.05) is 19.2 Å². The highest BCUT2D eigenvalue weighted by atomic mass is 16.1. The van der Waals surface area contributed by atoms with Crippen LogP contribution in [-0.2, 0) is 0 Å². The number of hydrogen-bond donors (Lipinski definition) is 2. The molecule has 112 valence electrons. The normalized spacial score (nSPS) is 17.8. The lowest BCUT2D eigenvalue weighted by atomic mass is 9.81. The van der Waals surface area contributed by atoms with Crippen molar-refractivity contribution in [2.75, 3.05) is 19.6 Å². The minimum Gasteiger partial charge on any atom is -0.351 e. The van der Waals surface area contributed by atoms with Gasteiger partial charge >= 0.3 is 0 Å². The summed E-state index contributed by atoms with van der Waals surface area (Å²) in [5, 5.41) is 10.6. The first-order valence-corrected chi connectivity index (χ1v) is 7.37. The summed E-state index contributed by atoms with van der Waals surface area (Å²) in [5.41, 5.74) is 2.20. The first-order chi connectivity index (χ1) is 10.1. The quantitative estimate of drug-likeness (QED) is 0.888. The topological polar surface area (TPSA) is 71.3 Å². The molecule has 0 aliphatic carbocycles. The number of nitrogens with zero attached hydrogens (tertiary/aromatic N) is 3. The molecule has 3 heterocycles. The highest BCUT2D eigenvalue weighted by molar-refractivity contribution is 5.99. The standard InChI is InChI=1S/C15H21N5O/c1-11-3-8-20-13(19-11)12(9-18-20)14(21)17-10-15(2)4-6-16-7-5-15/h3,8-9,16H,4-7,10H2,1-2H3,(H,17,21). The molecule has 3 rings (SSSR count). The van der Waals surface area contributed by atoms with Crippen LogP contribution < -0.4 is 10.6 Å². The van der Waals surface area contributed by atoms with Gasteiger partial charge in [0.05, 0.1) is 6.20 Å². The number of rotatable bonds is 3. The number of nitrogens with one attached hydrogen (secondary N) is 2. The van der Waals surface area contributed by atoms with Gasteiger partial charge in [-0.25, -0.2) is 9.50 Å². The second kappa shape index (κ2) is 5.44. The second-order valence-electron chi connectivity index (χ2n) is 6.14. The monoisotopic (exact) mass is 287 g/mol. The number of aromatic nitrogens is 3. The zero-order chi connectivity index (χ0) is 14.9. The van der Waals surface area contributed by atoms with Gasteiger partial charge in [-0.3, -0.25) is 4.79 Å². The van der Waals surface area contributed by atoms with E-state index in [0.717, 1.165) is 31.6 Å². The molecule has 1 aliphatic heterocycles. The fraction of sp³-hybridized carbons (Fsp3) is 0.533. The van der Waals surface area contributed by atoms with E-state index < -0.39 is 0 Å². The van der Waals surface area contributed by atoms with Crippen LogP contribution in [0, 0.1) is 12.3 Å². The van der Waals surface area contributed by atoms with Crippen molar-refractivity contribution in [1.29, 1.82) is 0 Å². The Morgan fingerprint density at radius 2 is 2.24 bits per heavy atom. The number of carbonyl (C=O) groups is 1. The van der Waals surface area contributed by atoms with Gasteiger partial charge < -0.3 is 10.6 Å². The summed E-state index contributed by atoms with van der Waals surface area (Å²) in [4.78, 5) is 16.8. The number of carbonyl (C=O) groups excluding carboxylic acids is 1. The summed E-state index contributed by atoms with van der Waals surface area (Å²) in [7, 11) is 0. The summed E-state index contributed by atoms with van der Waals surface area (Å²) in [5.74, 6) is -0.0946. The lowest BCUT2D eigenvalue weighted by Crippen LogP contribution is -2.42. The predicted octanol–water partition coefficient (Wildman–Crippen LogP) is 1.16. The molecule has 2 aromatic heterocycles. The Bertz CT molecular complexity index is 657. The molecule has 2 N–H and O–H groups in total. The largest absolute Gasteiger partial charge is 0.351 e. The van der Waals surface area contributed by atoms with Crippen LogP contribution in [0.4, 0.5) is 0 Å². The fourth-order valence-electron chi connectivity index (χ4n) is 2.72. The average molecular weight is 287 g/mol. The van der Waals surface area contributed by atoms with Crippen molar-refractivity contribution in [3.63, 3.8) is 0 Å². The third-order valence-electron chi connectivity index (χ3n) is 4.24. The van der Waals surface area contributed by atoms with E-state index >= 15 is 0 Å². The Labute approximate surface area is 123 Å². The summed E-state index contributed by atoms with van der Waals surface area (Å²) in [6.45, 7) is 6.86. The molecule has 1 aliphatic rings. The van der Waals surface area contributed by atoms with Crippen molar-refractivity contribution >= 4 is 11.6 Å². The second-order valence-corrected chi connectivity index (χ2v) is 6.14. The number of amides is 1. The van der Waals surface area contributed by atoms with Crippen molar-refractivity contribution in [2.45, 2.75) is 26.7 Å². The summed E-state index contributed by atoms with van der Waals surface area (Å²) in [6.07, 6.45) is 5.57. The molecular weight excluding hydrogens is 266 g/mol. The predicted molar refractivity (Wildman–Crippen MR) is 80.3 cm³/mol. The van der Waals surface area contributed by atoms with Crippen molar-refractivity contribution in [1.82, 2.24) is 25.2 Å². The summed E-state index contributed by atoms with van der Waals surface area (Å²) < 4.78 is 1.63. The summed E-state index contributed by atoms with van der Waals surface area (Å²) in [6, 6.07) is 1.87. The highest BCUT2D eigenvalue weighted by Crippen LogP contribution is 2.26. The number of aryl methyl sites for hydroxylation is 1. The Kier molecular flexibility index (Phi) is 3.63. The molecule has 0 aromatic carbocycles. The van der Waals surface area contributed by atoms with Crippen LogP contribution in [0.1, 0.15) is 35.8 Å². The van der Waals surface area contributed by atoms with Crippen LogP contribution in [0.15, 0.2) is 18.5 Å². The minimum absolute atomic E-state index is 0.0946. The molecule has 0 unspecified atom stereocenters. The first kappa shape index (κ1) is 14.0. The van der Waals surface area contributed by atoms with Crippen LogP contribution in [0.3, 0.4) is 0 Å². The number of hydrogen-bond acceptors (Lipinski definition) is 4. The number of fused-ring (bicyclic) bond motifs is 1. The van der Waals surface area contributed by atoms with Crippen molar-refractivity contribution in [2.24, 2.45) is 5.41 Å². The van der Waals surface area contributed by atoms with Crippen LogP contribution >= 0.6 is 0 Å². The van der Waals surface area contributed by atoms with E-state index in [-0.39, 0.29) is 11.3 Å². The average Bonchev–Trinajstić information content (AvgIpc) is 2.89. The van der Waals surface area contributed by atoms with Crippen LogP contribution in [0.25, 0.3) is 5.65 Å². The molecule has 21 heavy (non-hydrogen) atoms. The van der Waals surface area contributed by atoms with Crippen LogP contribution in [0.5, 0.6) is 0 Å². The van der Waals surface area contributed by atoms with Crippen molar-refractivity contribution in [3.8, 4) is 0 Å². The molecule has 1 fully saturated rings. The lowest BCUT2D eigenvalue weighted by Gasteiger charge is -2.34. The van der Waals surface area contributed by atoms with E-state index in [1.165, 1.54) is 0 Å². The van der Waals surface area contributed by atoms with Gasteiger partial charge in [-0.05, 0) is 44.3 Å². The van der Waals surface area contributed by atoms with Crippen molar-refractivity contribution < 1.29 is 4.79 Å². The molecule has 0 saturated carbocycles. The minimum atomic E-state index is -0.0946.